The lowest BCUT2D eigenvalue weighted by Gasteiger charge is -2.59. The van der Waals surface area contributed by atoms with Gasteiger partial charge in [-0.25, -0.2) is 0 Å². The van der Waals surface area contributed by atoms with Gasteiger partial charge in [-0.05, 0) is 98.8 Å². The summed E-state index contributed by atoms with van der Waals surface area (Å²) in [7, 11) is 0. The summed E-state index contributed by atoms with van der Waals surface area (Å²) in [4.78, 5) is 13.1. The van der Waals surface area contributed by atoms with Crippen molar-refractivity contribution in [2.24, 2.45) is 23.2 Å². The van der Waals surface area contributed by atoms with Gasteiger partial charge in [0.05, 0.1) is 6.61 Å². The van der Waals surface area contributed by atoms with Crippen molar-refractivity contribution < 1.29 is 9.53 Å². The maximum atomic E-state index is 13.1. The monoisotopic (exact) mass is 397 g/mol. The molecule has 4 saturated carbocycles. The highest BCUT2D eigenvalue weighted by molar-refractivity contribution is 5.94. The Bertz CT molecular complexity index is 645. The van der Waals surface area contributed by atoms with Crippen molar-refractivity contribution in [3.05, 3.63) is 29.8 Å². The largest absolute Gasteiger partial charge is 0.494 e. The van der Waals surface area contributed by atoms with Crippen LogP contribution in [0.2, 0.25) is 0 Å². The molecule has 3 nitrogen and oxygen atoms in total. The summed E-state index contributed by atoms with van der Waals surface area (Å²) >= 11 is 0. The van der Waals surface area contributed by atoms with Gasteiger partial charge in [-0.3, -0.25) is 4.79 Å². The van der Waals surface area contributed by atoms with Crippen molar-refractivity contribution in [1.82, 2.24) is 5.32 Å². The number of carbonyl (C=O) groups excluding carboxylic acids is 1. The topological polar surface area (TPSA) is 38.3 Å². The zero-order chi connectivity index (χ0) is 20.3. The minimum atomic E-state index is 0.0942. The number of carbonyl (C=O) groups is 1. The normalized spacial score (nSPS) is 30.9. The van der Waals surface area contributed by atoms with Crippen molar-refractivity contribution in [3.63, 3.8) is 0 Å². The van der Waals surface area contributed by atoms with Crippen LogP contribution in [0.3, 0.4) is 0 Å². The number of hydrogen-bond acceptors (Lipinski definition) is 2. The first-order valence-corrected chi connectivity index (χ1v) is 12.2. The standard InChI is InChI=1S/C26H39NO2/c1-3-5-6-12-29-23-10-8-22(9-11-23)25(28)27-24(7-4-2)26-16-19-13-20(17-26)15-21(14-19)18-26/h8-11,19-21,24H,3-7,12-18H2,1-2H3,(H,27,28)/t19?,20?,21?,24-,26?/m0/s1. The third kappa shape index (κ3) is 4.64. The van der Waals surface area contributed by atoms with Crippen LogP contribution in [0.4, 0.5) is 0 Å². The molecule has 1 aromatic carbocycles. The highest BCUT2D eigenvalue weighted by Crippen LogP contribution is 2.61. The Morgan fingerprint density at radius 3 is 2.17 bits per heavy atom. The van der Waals surface area contributed by atoms with Gasteiger partial charge < -0.3 is 10.1 Å². The molecule has 4 bridgehead atoms. The first-order valence-electron chi connectivity index (χ1n) is 12.2. The molecule has 0 unspecified atom stereocenters. The van der Waals surface area contributed by atoms with E-state index in [4.69, 9.17) is 4.74 Å². The molecule has 0 spiro atoms. The van der Waals surface area contributed by atoms with Crippen LogP contribution in [0.25, 0.3) is 0 Å². The van der Waals surface area contributed by atoms with Crippen LogP contribution in [0.15, 0.2) is 24.3 Å². The molecule has 0 aromatic heterocycles. The molecule has 1 amide bonds. The van der Waals surface area contributed by atoms with Gasteiger partial charge in [-0.2, -0.15) is 0 Å². The first-order chi connectivity index (χ1) is 14.1. The molecular formula is C26H39NO2. The minimum Gasteiger partial charge on any atom is -0.494 e. The van der Waals surface area contributed by atoms with Gasteiger partial charge in [0.15, 0.2) is 0 Å². The van der Waals surface area contributed by atoms with E-state index in [0.29, 0.717) is 11.5 Å². The molecule has 160 valence electrons. The van der Waals surface area contributed by atoms with Gasteiger partial charge in [0.1, 0.15) is 5.75 Å². The molecule has 0 saturated heterocycles. The second kappa shape index (κ2) is 9.10. The van der Waals surface area contributed by atoms with Crippen molar-refractivity contribution >= 4 is 5.91 Å². The average Bonchev–Trinajstić information content (AvgIpc) is 2.70. The molecule has 0 heterocycles. The quantitative estimate of drug-likeness (QED) is 0.466. The molecule has 1 aromatic rings. The molecular weight excluding hydrogens is 358 g/mol. The zero-order valence-electron chi connectivity index (χ0n) is 18.4. The molecule has 5 rings (SSSR count). The Labute approximate surface area is 177 Å². The summed E-state index contributed by atoms with van der Waals surface area (Å²) in [5, 5.41) is 3.49. The van der Waals surface area contributed by atoms with Gasteiger partial charge in [0.2, 0.25) is 0 Å². The maximum absolute atomic E-state index is 13.1. The highest BCUT2D eigenvalue weighted by Gasteiger charge is 2.54. The lowest BCUT2D eigenvalue weighted by Crippen LogP contribution is -2.56. The number of nitrogens with one attached hydrogen (secondary N) is 1. The minimum absolute atomic E-state index is 0.0942. The van der Waals surface area contributed by atoms with E-state index in [1.807, 2.05) is 24.3 Å². The van der Waals surface area contributed by atoms with E-state index in [1.165, 1.54) is 51.4 Å². The number of amides is 1. The van der Waals surface area contributed by atoms with Crippen LogP contribution in [-0.2, 0) is 0 Å². The Kier molecular flexibility index (Phi) is 6.51. The summed E-state index contributed by atoms with van der Waals surface area (Å²) < 4.78 is 5.80. The number of hydrogen-bond donors (Lipinski definition) is 1. The van der Waals surface area contributed by atoms with Gasteiger partial charge >= 0.3 is 0 Å². The summed E-state index contributed by atoms with van der Waals surface area (Å²) in [6, 6.07) is 8.07. The van der Waals surface area contributed by atoms with E-state index in [0.717, 1.165) is 54.9 Å². The molecule has 0 aliphatic heterocycles. The van der Waals surface area contributed by atoms with E-state index in [9.17, 15) is 4.79 Å². The number of ether oxygens (including phenoxy) is 1. The van der Waals surface area contributed by atoms with E-state index in [2.05, 4.69) is 19.2 Å². The Morgan fingerprint density at radius 1 is 1.00 bits per heavy atom. The fraction of sp³-hybridized carbons (Fsp3) is 0.731. The van der Waals surface area contributed by atoms with Crippen LogP contribution in [0.1, 0.15) is 94.8 Å². The third-order valence-corrected chi connectivity index (χ3v) is 7.84. The summed E-state index contributed by atoms with van der Waals surface area (Å²) in [5.41, 5.74) is 1.12. The molecule has 4 aliphatic carbocycles. The van der Waals surface area contributed by atoms with Crippen LogP contribution in [0, 0.1) is 23.2 Å². The van der Waals surface area contributed by atoms with Gasteiger partial charge in [0.25, 0.3) is 5.91 Å². The third-order valence-electron chi connectivity index (χ3n) is 7.84. The summed E-state index contributed by atoms with van der Waals surface area (Å²) in [6.45, 7) is 5.21. The predicted octanol–water partition coefficient (Wildman–Crippen LogP) is 6.37. The number of benzene rings is 1. The van der Waals surface area contributed by atoms with Crippen molar-refractivity contribution in [3.8, 4) is 5.75 Å². The number of unbranched alkanes of at least 4 members (excludes halogenated alkanes) is 2. The van der Waals surface area contributed by atoms with E-state index < -0.39 is 0 Å². The zero-order valence-corrected chi connectivity index (χ0v) is 18.4. The van der Waals surface area contributed by atoms with Gasteiger partial charge in [-0.1, -0.05) is 33.1 Å². The van der Waals surface area contributed by atoms with Crippen molar-refractivity contribution in [2.45, 2.75) is 90.5 Å². The summed E-state index contributed by atoms with van der Waals surface area (Å²) in [6.07, 6.45) is 14.1. The van der Waals surface area contributed by atoms with Crippen LogP contribution >= 0.6 is 0 Å². The average molecular weight is 398 g/mol. The molecule has 1 N–H and O–H groups in total. The lowest BCUT2D eigenvalue weighted by molar-refractivity contribution is -0.0736. The van der Waals surface area contributed by atoms with Gasteiger partial charge in [0, 0.05) is 11.6 Å². The maximum Gasteiger partial charge on any atom is 0.251 e. The molecule has 4 aliphatic rings. The van der Waals surface area contributed by atoms with Crippen LogP contribution < -0.4 is 10.1 Å². The lowest BCUT2D eigenvalue weighted by atomic mass is 9.47. The van der Waals surface area contributed by atoms with E-state index >= 15 is 0 Å². The fourth-order valence-corrected chi connectivity index (χ4v) is 6.91. The van der Waals surface area contributed by atoms with Crippen LogP contribution in [0.5, 0.6) is 5.75 Å². The first kappa shape index (κ1) is 20.8. The fourth-order valence-electron chi connectivity index (χ4n) is 6.91. The van der Waals surface area contributed by atoms with E-state index in [-0.39, 0.29) is 5.91 Å². The SMILES string of the molecule is CCCCCOc1ccc(C(=O)N[C@@H](CCC)C23CC4CC(CC(C4)C2)C3)cc1. The smallest absolute Gasteiger partial charge is 0.251 e. The van der Waals surface area contributed by atoms with Gasteiger partial charge in [-0.15, -0.1) is 0 Å². The molecule has 1 atom stereocenters. The second-order valence-corrected chi connectivity index (χ2v) is 10.2. The molecule has 29 heavy (non-hydrogen) atoms. The summed E-state index contributed by atoms with van der Waals surface area (Å²) in [5.74, 6) is 3.71. The van der Waals surface area contributed by atoms with Crippen LogP contribution in [-0.4, -0.2) is 18.6 Å². The molecule has 3 heteroatoms. The predicted molar refractivity (Wildman–Crippen MR) is 118 cm³/mol. The Balaban J connectivity index is 1.39. The molecule has 0 radical (unpaired) electrons. The second-order valence-electron chi connectivity index (χ2n) is 10.2. The van der Waals surface area contributed by atoms with Crippen molar-refractivity contribution in [2.75, 3.05) is 6.61 Å². The van der Waals surface area contributed by atoms with E-state index in [1.54, 1.807) is 0 Å². The van der Waals surface area contributed by atoms with Crippen molar-refractivity contribution in [1.29, 1.82) is 0 Å². The highest BCUT2D eigenvalue weighted by atomic mass is 16.5. The Morgan fingerprint density at radius 2 is 1.62 bits per heavy atom. The number of rotatable bonds is 10. The molecule has 4 fully saturated rings. The Hall–Kier alpha value is -1.51.